The third kappa shape index (κ3) is 6.18. The van der Waals surface area contributed by atoms with Crippen molar-refractivity contribution < 1.29 is 27.9 Å². The SMILES string of the molecule is O=C(NCC(=O)N1CC[C@H](NC2CCC(O)(c3cc[c]cn3)CC2)C1)c1cccc(C(F)(F)F)c1. The van der Waals surface area contributed by atoms with Gasteiger partial charge in [0.05, 0.1) is 17.8 Å². The van der Waals surface area contributed by atoms with Crippen molar-refractivity contribution in [2.45, 2.75) is 56.0 Å². The van der Waals surface area contributed by atoms with Crippen molar-refractivity contribution in [1.29, 1.82) is 0 Å². The Kier molecular flexibility index (Phi) is 7.42. The lowest BCUT2D eigenvalue weighted by Gasteiger charge is -2.37. The van der Waals surface area contributed by atoms with Crippen LogP contribution in [-0.2, 0) is 16.6 Å². The van der Waals surface area contributed by atoms with Gasteiger partial charge in [0.1, 0.15) is 5.60 Å². The molecule has 2 aliphatic rings. The fraction of sp³-hybridized carbons (Fsp3) is 0.480. The monoisotopic (exact) mass is 489 g/mol. The second kappa shape index (κ2) is 10.3. The number of hydrogen-bond donors (Lipinski definition) is 3. The lowest BCUT2D eigenvalue weighted by atomic mass is 9.79. The first-order valence-corrected chi connectivity index (χ1v) is 11.7. The third-order valence-electron chi connectivity index (χ3n) is 6.77. The first-order valence-electron chi connectivity index (χ1n) is 11.7. The van der Waals surface area contributed by atoms with Crippen molar-refractivity contribution in [3.63, 3.8) is 0 Å². The Labute approximate surface area is 201 Å². The van der Waals surface area contributed by atoms with Crippen molar-refractivity contribution in [3.8, 4) is 0 Å². The van der Waals surface area contributed by atoms with Gasteiger partial charge in [0.25, 0.3) is 5.91 Å². The predicted molar refractivity (Wildman–Crippen MR) is 121 cm³/mol. The number of alkyl halides is 3. The maximum atomic E-state index is 12.9. The number of aromatic nitrogens is 1. The standard InChI is InChI=1S/C25H28F3N4O3/c26-25(27,28)18-5-3-4-17(14-18)23(34)30-15-22(33)32-13-9-20(16-32)31-19-7-10-24(35,11-8-19)21-6-1-2-12-29-21/h1,3-6,12,14,19-20,31,35H,7-11,13,15-16H2,(H,30,34)/t19?,20-,24?/m0/s1. The van der Waals surface area contributed by atoms with Crippen LogP contribution in [0.25, 0.3) is 0 Å². The van der Waals surface area contributed by atoms with Crippen molar-refractivity contribution >= 4 is 11.8 Å². The number of hydrogen-bond acceptors (Lipinski definition) is 5. The quantitative estimate of drug-likeness (QED) is 0.580. The molecule has 1 aromatic carbocycles. The molecule has 3 N–H and O–H groups in total. The summed E-state index contributed by atoms with van der Waals surface area (Å²) < 4.78 is 38.6. The lowest BCUT2D eigenvalue weighted by molar-refractivity contribution is -0.137. The molecule has 4 rings (SSSR count). The molecule has 2 aromatic rings. The average Bonchev–Trinajstić information content (AvgIpc) is 3.32. The molecule has 0 unspecified atom stereocenters. The molecule has 1 atom stereocenters. The maximum absolute atomic E-state index is 12.9. The van der Waals surface area contributed by atoms with Crippen LogP contribution in [0.4, 0.5) is 13.2 Å². The second-order valence-electron chi connectivity index (χ2n) is 9.20. The molecular formula is C25H28F3N4O3. The number of likely N-dealkylation sites (tertiary alicyclic amines) is 1. The Hall–Kier alpha value is -2.98. The van der Waals surface area contributed by atoms with Gasteiger partial charge < -0.3 is 20.6 Å². The molecule has 1 saturated carbocycles. The summed E-state index contributed by atoms with van der Waals surface area (Å²) in [6.07, 6.45) is 0.547. The van der Waals surface area contributed by atoms with Gasteiger partial charge in [0.15, 0.2) is 0 Å². The van der Waals surface area contributed by atoms with E-state index in [1.54, 1.807) is 23.2 Å². The fourth-order valence-corrected chi connectivity index (χ4v) is 4.78. The summed E-state index contributed by atoms with van der Waals surface area (Å²) in [5, 5.41) is 16.9. The molecule has 7 nitrogen and oxygen atoms in total. The number of carbonyl (C=O) groups excluding carboxylic acids is 2. The van der Waals surface area contributed by atoms with Crippen LogP contribution in [0.1, 0.15) is 53.7 Å². The van der Waals surface area contributed by atoms with Crippen molar-refractivity contribution in [3.05, 3.63) is 65.5 Å². The van der Waals surface area contributed by atoms with Crippen LogP contribution in [0.5, 0.6) is 0 Å². The van der Waals surface area contributed by atoms with Crippen molar-refractivity contribution in [2.24, 2.45) is 0 Å². The van der Waals surface area contributed by atoms with Gasteiger partial charge >= 0.3 is 6.18 Å². The first kappa shape index (κ1) is 25.1. The Morgan fingerprint density at radius 1 is 1.17 bits per heavy atom. The topological polar surface area (TPSA) is 94.6 Å². The van der Waals surface area contributed by atoms with Crippen LogP contribution in [0.2, 0.25) is 0 Å². The van der Waals surface area contributed by atoms with E-state index in [4.69, 9.17) is 0 Å². The molecule has 2 fully saturated rings. The molecule has 1 aliphatic carbocycles. The molecule has 0 spiro atoms. The minimum Gasteiger partial charge on any atom is -0.384 e. The maximum Gasteiger partial charge on any atom is 0.416 e. The largest absolute Gasteiger partial charge is 0.416 e. The highest BCUT2D eigenvalue weighted by Crippen LogP contribution is 2.36. The van der Waals surface area contributed by atoms with Crippen LogP contribution in [0.15, 0.2) is 42.6 Å². The van der Waals surface area contributed by atoms with Gasteiger partial charge in [-0.2, -0.15) is 13.2 Å². The molecule has 35 heavy (non-hydrogen) atoms. The van der Waals surface area contributed by atoms with Gasteiger partial charge in [-0.05, 0) is 56.4 Å². The molecule has 2 amide bonds. The van der Waals surface area contributed by atoms with E-state index >= 15 is 0 Å². The highest BCUT2D eigenvalue weighted by molar-refractivity contribution is 5.96. The summed E-state index contributed by atoms with van der Waals surface area (Å²) in [4.78, 5) is 30.7. The number of aliphatic hydroxyl groups is 1. The van der Waals surface area contributed by atoms with E-state index in [1.807, 2.05) is 0 Å². The van der Waals surface area contributed by atoms with Gasteiger partial charge in [0, 0.05) is 43.0 Å². The molecule has 0 bridgehead atoms. The summed E-state index contributed by atoms with van der Waals surface area (Å²) in [5.74, 6) is -1.00. The summed E-state index contributed by atoms with van der Waals surface area (Å²) in [6, 6.07) is 10.8. The number of carbonyl (C=O) groups is 2. The van der Waals surface area contributed by atoms with E-state index in [2.05, 4.69) is 21.7 Å². The van der Waals surface area contributed by atoms with Crippen LogP contribution in [-0.4, -0.2) is 58.5 Å². The van der Waals surface area contributed by atoms with Gasteiger partial charge in [-0.3, -0.25) is 14.6 Å². The summed E-state index contributed by atoms with van der Waals surface area (Å²) in [7, 11) is 0. The van der Waals surface area contributed by atoms with E-state index < -0.39 is 23.2 Å². The van der Waals surface area contributed by atoms with Crippen molar-refractivity contribution in [2.75, 3.05) is 19.6 Å². The summed E-state index contributed by atoms with van der Waals surface area (Å²) in [5.41, 5.74) is -1.32. The normalized spacial score (nSPS) is 24.9. The lowest BCUT2D eigenvalue weighted by Crippen LogP contribution is -2.46. The van der Waals surface area contributed by atoms with E-state index in [9.17, 15) is 27.9 Å². The third-order valence-corrected chi connectivity index (χ3v) is 6.77. The molecule has 1 saturated heterocycles. The van der Waals surface area contributed by atoms with E-state index in [-0.39, 0.29) is 30.1 Å². The first-order chi connectivity index (χ1) is 16.6. The minimum atomic E-state index is -4.54. The molecule has 10 heteroatoms. The zero-order valence-electron chi connectivity index (χ0n) is 19.1. The van der Waals surface area contributed by atoms with E-state index in [0.717, 1.165) is 37.5 Å². The summed E-state index contributed by atoms with van der Waals surface area (Å²) in [6.45, 7) is 0.756. The number of benzene rings is 1. The molecule has 187 valence electrons. The molecule has 1 aromatic heterocycles. The van der Waals surface area contributed by atoms with Gasteiger partial charge in [-0.15, -0.1) is 0 Å². The van der Waals surface area contributed by atoms with E-state index in [1.165, 1.54) is 6.07 Å². The number of amides is 2. The van der Waals surface area contributed by atoms with Crippen molar-refractivity contribution in [1.82, 2.24) is 20.5 Å². The smallest absolute Gasteiger partial charge is 0.384 e. The predicted octanol–water partition coefficient (Wildman–Crippen LogP) is 2.65. The zero-order valence-corrected chi connectivity index (χ0v) is 19.1. The highest BCUT2D eigenvalue weighted by Gasteiger charge is 2.37. The molecule has 1 radical (unpaired) electrons. The summed E-state index contributed by atoms with van der Waals surface area (Å²) >= 11 is 0. The number of nitrogens with one attached hydrogen (secondary N) is 2. The van der Waals surface area contributed by atoms with Gasteiger partial charge in [-0.25, -0.2) is 0 Å². The molecule has 2 heterocycles. The van der Waals surface area contributed by atoms with E-state index in [0.29, 0.717) is 31.6 Å². The average molecular weight is 490 g/mol. The van der Waals surface area contributed by atoms with Gasteiger partial charge in [0.2, 0.25) is 5.91 Å². The second-order valence-corrected chi connectivity index (χ2v) is 9.20. The molecular weight excluding hydrogens is 461 g/mol. The fourth-order valence-electron chi connectivity index (χ4n) is 4.78. The number of pyridine rings is 1. The number of nitrogens with zero attached hydrogens (tertiary/aromatic N) is 2. The van der Waals surface area contributed by atoms with Crippen LogP contribution < -0.4 is 10.6 Å². The van der Waals surface area contributed by atoms with Crippen LogP contribution >= 0.6 is 0 Å². The minimum absolute atomic E-state index is 0.110. The zero-order chi connectivity index (χ0) is 25.1. The van der Waals surface area contributed by atoms with Gasteiger partial charge in [-0.1, -0.05) is 12.1 Å². The number of halogens is 3. The molecule has 1 aliphatic heterocycles. The number of rotatable bonds is 6. The van der Waals surface area contributed by atoms with Crippen LogP contribution in [0.3, 0.4) is 0 Å². The Morgan fingerprint density at radius 3 is 2.63 bits per heavy atom. The Morgan fingerprint density at radius 2 is 1.94 bits per heavy atom. The Bertz CT molecular complexity index is 1040. The van der Waals surface area contributed by atoms with Crippen LogP contribution in [0, 0.1) is 6.07 Å². The Balaban J connectivity index is 1.21. The highest BCUT2D eigenvalue weighted by atomic mass is 19.4.